The van der Waals surface area contributed by atoms with Crippen LogP contribution in [0, 0.1) is 5.41 Å². The van der Waals surface area contributed by atoms with E-state index in [2.05, 4.69) is 64.4 Å². The number of piperidine rings is 1. The lowest BCUT2D eigenvalue weighted by Gasteiger charge is -2.35. The highest BCUT2D eigenvalue weighted by Crippen LogP contribution is 2.37. The first kappa shape index (κ1) is 16.5. The Morgan fingerprint density at radius 3 is 2.57 bits per heavy atom. The normalized spacial score (nSPS) is 24.6. The van der Waals surface area contributed by atoms with E-state index in [0.717, 1.165) is 49.8 Å². The van der Waals surface area contributed by atoms with E-state index in [-0.39, 0.29) is 5.41 Å². The summed E-state index contributed by atoms with van der Waals surface area (Å²) in [5, 5.41) is 2.94. The fourth-order valence-corrected chi connectivity index (χ4v) is 3.26. The molecule has 2 heterocycles. The van der Waals surface area contributed by atoms with Crippen LogP contribution in [0.1, 0.15) is 32.6 Å². The molecule has 0 saturated carbocycles. The van der Waals surface area contributed by atoms with Crippen LogP contribution in [0.2, 0.25) is 0 Å². The Morgan fingerprint density at radius 1 is 1.24 bits per heavy atom. The highest BCUT2D eigenvalue weighted by atomic mass is 79.9. The van der Waals surface area contributed by atoms with Crippen molar-refractivity contribution in [1.29, 1.82) is 0 Å². The van der Waals surface area contributed by atoms with Crippen LogP contribution in [0.3, 0.4) is 0 Å². The second-order valence-corrected chi connectivity index (χ2v) is 7.18. The number of carbonyl (C=O) groups is 1. The number of allylic oxidation sites excluding steroid dienone is 6. The van der Waals surface area contributed by atoms with Crippen LogP contribution in [-0.4, -0.2) is 37.5 Å². The maximum Gasteiger partial charge on any atom is 0.226 e. The topological polar surface area (TPSA) is 32.3 Å². The van der Waals surface area contributed by atoms with Gasteiger partial charge in [0.05, 0.1) is 5.41 Å². The van der Waals surface area contributed by atoms with Crippen molar-refractivity contribution in [2.75, 3.05) is 26.7 Å². The number of likely N-dealkylation sites (tertiary alicyclic amines) is 1. The predicted molar refractivity (Wildman–Crippen MR) is 91.3 cm³/mol. The molecule has 0 aromatic carbocycles. The van der Waals surface area contributed by atoms with Crippen molar-refractivity contribution in [1.82, 2.24) is 10.2 Å². The van der Waals surface area contributed by atoms with E-state index in [0.29, 0.717) is 5.91 Å². The third kappa shape index (κ3) is 4.55. The van der Waals surface area contributed by atoms with Crippen LogP contribution in [-0.2, 0) is 4.79 Å². The monoisotopic (exact) mass is 352 g/mol. The smallest absolute Gasteiger partial charge is 0.226 e. The molecule has 2 aliphatic heterocycles. The SMILES string of the molecule is CC1=CC=C(Br)C=CC1.CN1CCC2(CCNC2=O)CC1. The van der Waals surface area contributed by atoms with Gasteiger partial charge >= 0.3 is 0 Å². The molecule has 1 aliphatic carbocycles. The second kappa shape index (κ2) is 7.41. The minimum absolute atomic E-state index is 0.0203. The largest absolute Gasteiger partial charge is 0.356 e. The lowest BCUT2D eigenvalue weighted by atomic mass is 9.77. The third-order valence-corrected chi connectivity index (χ3v) is 5.09. The molecule has 4 heteroatoms. The van der Waals surface area contributed by atoms with E-state index in [1.165, 1.54) is 5.57 Å². The molecule has 1 amide bonds. The molecule has 3 aliphatic rings. The van der Waals surface area contributed by atoms with E-state index in [4.69, 9.17) is 0 Å². The Balaban J connectivity index is 0.000000161. The molecule has 21 heavy (non-hydrogen) atoms. The standard InChI is InChI=1S/C9H16N2O.C8H9Br/c1-11-6-3-9(4-7-11)2-5-10-8(9)12;1-7-3-2-4-8(9)6-5-7/h2-7H2,1H3,(H,10,12);2,4-6H,3H2,1H3. The second-order valence-electron chi connectivity index (χ2n) is 6.26. The zero-order chi connectivity index (χ0) is 15.3. The van der Waals surface area contributed by atoms with Crippen LogP contribution >= 0.6 is 15.9 Å². The highest BCUT2D eigenvalue weighted by molar-refractivity contribution is 9.11. The number of hydrogen-bond acceptors (Lipinski definition) is 2. The summed E-state index contributed by atoms with van der Waals surface area (Å²) in [6.07, 6.45) is 12.7. The molecule has 116 valence electrons. The number of halogens is 1. The summed E-state index contributed by atoms with van der Waals surface area (Å²) in [6.45, 7) is 5.18. The quantitative estimate of drug-likeness (QED) is 0.724. The van der Waals surface area contributed by atoms with Gasteiger partial charge in [0.1, 0.15) is 0 Å². The lowest BCUT2D eigenvalue weighted by molar-refractivity contribution is -0.129. The Hall–Kier alpha value is -0.870. The molecule has 1 N–H and O–H groups in total. The van der Waals surface area contributed by atoms with Crippen molar-refractivity contribution >= 4 is 21.8 Å². The molecule has 0 unspecified atom stereocenters. The summed E-state index contributed by atoms with van der Waals surface area (Å²) in [5.74, 6) is 0.301. The first-order valence-corrected chi connectivity index (χ1v) is 8.47. The van der Waals surface area contributed by atoms with Crippen molar-refractivity contribution in [3.63, 3.8) is 0 Å². The van der Waals surface area contributed by atoms with Crippen LogP contribution < -0.4 is 5.32 Å². The van der Waals surface area contributed by atoms with Gasteiger partial charge in [-0.25, -0.2) is 0 Å². The lowest BCUT2D eigenvalue weighted by Crippen LogP contribution is -2.42. The summed E-state index contributed by atoms with van der Waals surface area (Å²) >= 11 is 3.40. The molecule has 3 nitrogen and oxygen atoms in total. The van der Waals surface area contributed by atoms with Crippen LogP contribution in [0.25, 0.3) is 0 Å². The average molecular weight is 353 g/mol. The molecule has 3 rings (SSSR count). The number of nitrogens with zero attached hydrogens (tertiary/aromatic N) is 1. The van der Waals surface area contributed by atoms with E-state index in [9.17, 15) is 4.79 Å². The molecule has 0 aromatic heterocycles. The van der Waals surface area contributed by atoms with Gasteiger partial charge in [-0.3, -0.25) is 4.79 Å². The third-order valence-electron chi connectivity index (χ3n) is 4.56. The van der Waals surface area contributed by atoms with Gasteiger partial charge in [0.15, 0.2) is 0 Å². The molecule has 0 radical (unpaired) electrons. The first-order valence-electron chi connectivity index (χ1n) is 7.68. The van der Waals surface area contributed by atoms with Crippen molar-refractivity contribution in [3.8, 4) is 0 Å². The molecular weight excluding hydrogens is 328 g/mol. The average Bonchev–Trinajstić information content (AvgIpc) is 2.70. The number of hydrogen-bond donors (Lipinski definition) is 1. The number of rotatable bonds is 0. The molecule has 2 fully saturated rings. The molecule has 0 bridgehead atoms. The summed E-state index contributed by atoms with van der Waals surface area (Å²) in [6, 6.07) is 0. The van der Waals surface area contributed by atoms with Gasteiger partial charge in [-0.05, 0) is 58.8 Å². The van der Waals surface area contributed by atoms with Crippen LogP contribution in [0.5, 0.6) is 0 Å². The van der Waals surface area contributed by atoms with Gasteiger partial charge in [-0.2, -0.15) is 0 Å². The highest BCUT2D eigenvalue weighted by Gasteiger charge is 2.43. The Labute approximate surface area is 136 Å². The van der Waals surface area contributed by atoms with Crippen molar-refractivity contribution < 1.29 is 4.79 Å². The number of amides is 1. The summed E-state index contributed by atoms with van der Waals surface area (Å²) in [5.41, 5.74) is 1.42. The molecule has 0 atom stereocenters. The molecule has 0 aromatic rings. The first-order chi connectivity index (χ1) is 10.0. The van der Waals surface area contributed by atoms with Crippen LogP contribution in [0.15, 0.2) is 34.4 Å². The Morgan fingerprint density at radius 2 is 1.95 bits per heavy atom. The molecular formula is C17H25BrN2O. The maximum absolute atomic E-state index is 11.5. The Bertz CT molecular complexity index is 471. The van der Waals surface area contributed by atoms with Gasteiger partial charge in [0.2, 0.25) is 5.91 Å². The molecule has 2 saturated heterocycles. The van der Waals surface area contributed by atoms with Gasteiger partial charge < -0.3 is 10.2 Å². The zero-order valence-corrected chi connectivity index (χ0v) is 14.6. The van der Waals surface area contributed by atoms with Crippen molar-refractivity contribution in [3.05, 3.63) is 34.4 Å². The van der Waals surface area contributed by atoms with E-state index < -0.39 is 0 Å². The van der Waals surface area contributed by atoms with Gasteiger partial charge in [-0.15, -0.1) is 0 Å². The van der Waals surface area contributed by atoms with Gasteiger partial charge in [0.25, 0.3) is 0 Å². The van der Waals surface area contributed by atoms with E-state index in [1.807, 2.05) is 0 Å². The fraction of sp³-hybridized carbons (Fsp3) is 0.588. The van der Waals surface area contributed by atoms with Crippen LogP contribution in [0.4, 0.5) is 0 Å². The minimum Gasteiger partial charge on any atom is -0.356 e. The summed E-state index contributed by atoms with van der Waals surface area (Å²) < 4.78 is 1.15. The maximum atomic E-state index is 11.5. The fourth-order valence-electron chi connectivity index (χ4n) is 2.94. The van der Waals surface area contributed by atoms with Crippen molar-refractivity contribution in [2.45, 2.75) is 32.6 Å². The molecule has 1 spiro atoms. The van der Waals surface area contributed by atoms with Gasteiger partial charge in [0, 0.05) is 11.0 Å². The van der Waals surface area contributed by atoms with E-state index in [1.54, 1.807) is 0 Å². The van der Waals surface area contributed by atoms with Gasteiger partial charge in [-0.1, -0.05) is 39.7 Å². The van der Waals surface area contributed by atoms with Crippen molar-refractivity contribution in [2.24, 2.45) is 5.41 Å². The number of carbonyl (C=O) groups excluding carboxylic acids is 1. The Kier molecular flexibility index (Phi) is 5.82. The zero-order valence-electron chi connectivity index (χ0n) is 13.0. The number of nitrogens with one attached hydrogen (secondary N) is 1. The summed E-state index contributed by atoms with van der Waals surface area (Å²) in [7, 11) is 2.12. The summed E-state index contributed by atoms with van der Waals surface area (Å²) in [4.78, 5) is 13.8. The van der Waals surface area contributed by atoms with E-state index >= 15 is 0 Å². The minimum atomic E-state index is 0.0203. The predicted octanol–water partition coefficient (Wildman–Crippen LogP) is 3.39.